The number of halogens is 1. The minimum Gasteiger partial charge on any atom is -0.339 e. The van der Waals surface area contributed by atoms with Gasteiger partial charge in [-0.3, -0.25) is 9.78 Å². The number of nitrogens with zero attached hydrogens (tertiary/aromatic N) is 2. The van der Waals surface area contributed by atoms with Crippen molar-refractivity contribution in [2.75, 3.05) is 13.1 Å². The van der Waals surface area contributed by atoms with Crippen LogP contribution in [0.4, 0.5) is 0 Å². The number of fused-ring (bicyclic) bond motifs is 2. The van der Waals surface area contributed by atoms with Gasteiger partial charge in [-0.15, -0.1) is 0 Å². The molecule has 1 saturated heterocycles. The summed E-state index contributed by atoms with van der Waals surface area (Å²) in [5, 5.41) is 0.773. The maximum Gasteiger partial charge on any atom is 0.223 e. The zero-order valence-electron chi connectivity index (χ0n) is 19.7. The third-order valence-electron chi connectivity index (χ3n) is 6.60. The van der Waals surface area contributed by atoms with Crippen molar-refractivity contribution in [3.8, 4) is 0 Å². The fourth-order valence-electron chi connectivity index (χ4n) is 5.06. The SMILES string of the molecule is C/C=C\C(=C/CC)CCC(=O)N1CCC/C(=C2\c3ccc(Cl)cc3CCc3cccnc32)C1. The maximum absolute atomic E-state index is 13.2. The smallest absolute Gasteiger partial charge is 0.223 e. The molecule has 0 spiro atoms. The van der Waals surface area contributed by atoms with Crippen LogP contribution < -0.4 is 0 Å². The summed E-state index contributed by atoms with van der Waals surface area (Å²) in [5.41, 5.74) is 8.62. The summed E-state index contributed by atoms with van der Waals surface area (Å²) in [7, 11) is 0. The number of aromatic nitrogens is 1. The highest BCUT2D eigenvalue weighted by Gasteiger charge is 2.27. The predicted octanol–water partition coefficient (Wildman–Crippen LogP) is 6.95. The number of rotatable bonds is 5. The van der Waals surface area contributed by atoms with Crippen molar-refractivity contribution in [3.63, 3.8) is 0 Å². The number of carbonyl (C=O) groups is 1. The number of hydrogen-bond acceptors (Lipinski definition) is 2. The van der Waals surface area contributed by atoms with Crippen molar-refractivity contribution >= 4 is 23.1 Å². The summed E-state index contributed by atoms with van der Waals surface area (Å²) in [6.07, 6.45) is 14.5. The molecule has 2 aromatic rings. The van der Waals surface area contributed by atoms with Crippen LogP contribution in [0.3, 0.4) is 0 Å². The minimum atomic E-state index is 0.241. The van der Waals surface area contributed by atoms with Gasteiger partial charge in [-0.1, -0.05) is 54.5 Å². The zero-order valence-corrected chi connectivity index (χ0v) is 20.5. The first-order chi connectivity index (χ1) is 16.1. The number of amides is 1. The largest absolute Gasteiger partial charge is 0.339 e. The first kappa shape index (κ1) is 23.5. The highest BCUT2D eigenvalue weighted by atomic mass is 35.5. The quantitative estimate of drug-likeness (QED) is 0.452. The van der Waals surface area contributed by atoms with E-state index < -0.39 is 0 Å². The number of benzene rings is 1. The van der Waals surface area contributed by atoms with Gasteiger partial charge in [0.05, 0.1) is 5.69 Å². The zero-order chi connectivity index (χ0) is 23.2. The third kappa shape index (κ3) is 5.47. The lowest BCUT2D eigenvalue weighted by atomic mass is 9.89. The first-order valence-corrected chi connectivity index (χ1v) is 12.5. The van der Waals surface area contributed by atoms with E-state index >= 15 is 0 Å². The Morgan fingerprint density at radius 2 is 2.00 bits per heavy atom. The Hall–Kier alpha value is -2.65. The van der Waals surface area contributed by atoms with Gasteiger partial charge in [-0.25, -0.2) is 0 Å². The van der Waals surface area contributed by atoms with E-state index in [0.717, 1.165) is 55.8 Å². The lowest BCUT2D eigenvalue weighted by molar-refractivity contribution is -0.131. The van der Waals surface area contributed by atoms with Crippen molar-refractivity contribution in [2.45, 2.75) is 58.8 Å². The van der Waals surface area contributed by atoms with Crippen LogP contribution in [0.15, 0.2) is 65.9 Å². The summed E-state index contributed by atoms with van der Waals surface area (Å²) >= 11 is 6.35. The molecule has 0 bridgehead atoms. The van der Waals surface area contributed by atoms with Crippen LogP contribution in [0.2, 0.25) is 5.02 Å². The van der Waals surface area contributed by atoms with E-state index in [0.29, 0.717) is 13.0 Å². The number of carbonyl (C=O) groups excluding carboxylic acids is 1. The number of piperidine rings is 1. The monoisotopic (exact) mass is 460 g/mol. The minimum absolute atomic E-state index is 0.241. The molecule has 0 N–H and O–H groups in total. The van der Waals surface area contributed by atoms with Gasteiger partial charge in [0, 0.05) is 36.3 Å². The summed E-state index contributed by atoms with van der Waals surface area (Å²) in [6, 6.07) is 10.4. The molecule has 1 aliphatic carbocycles. The van der Waals surface area contributed by atoms with Crippen molar-refractivity contribution in [1.29, 1.82) is 0 Å². The number of likely N-dealkylation sites (tertiary alicyclic amines) is 1. The summed E-state index contributed by atoms with van der Waals surface area (Å²) in [6.45, 7) is 5.67. The van der Waals surface area contributed by atoms with Crippen molar-refractivity contribution in [2.24, 2.45) is 0 Å². The molecule has 0 unspecified atom stereocenters. The molecular formula is C29H33ClN2O. The summed E-state index contributed by atoms with van der Waals surface area (Å²) in [4.78, 5) is 20.0. The first-order valence-electron chi connectivity index (χ1n) is 12.1. The third-order valence-corrected chi connectivity index (χ3v) is 6.83. The molecule has 1 aromatic heterocycles. The van der Waals surface area contributed by atoms with Gasteiger partial charge in [0.25, 0.3) is 0 Å². The van der Waals surface area contributed by atoms with Crippen LogP contribution in [0.5, 0.6) is 0 Å². The van der Waals surface area contributed by atoms with Gasteiger partial charge < -0.3 is 4.90 Å². The van der Waals surface area contributed by atoms with Crippen LogP contribution in [-0.2, 0) is 17.6 Å². The Bertz CT molecular complexity index is 1110. The van der Waals surface area contributed by atoms with E-state index in [1.807, 2.05) is 30.2 Å². The Labute approximate surface area is 202 Å². The molecule has 1 aromatic carbocycles. The summed E-state index contributed by atoms with van der Waals surface area (Å²) < 4.78 is 0. The van der Waals surface area contributed by atoms with Crippen LogP contribution in [0, 0.1) is 0 Å². The van der Waals surface area contributed by atoms with Gasteiger partial charge in [0.2, 0.25) is 5.91 Å². The molecule has 1 aliphatic heterocycles. The molecule has 2 heterocycles. The molecule has 0 atom stereocenters. The van der Waals surface area contributed by atoms with Crippen LogP contribution >= 0.6 is 11.6 Å². The van der Waals surface area contributed by atoms with Gasteiger partial charge >= 0.3 is 0 Å². The Morgan fingerprint density at radius 3 is 2.82 bits per heavy atom. The highest BCUT2D eigenvalue weighted by Crippen LogP contribution is 2.38. The molecule has 0 radical (unpaired) electrons. The van der Waals surface area contributed by atoms with Gasteiger partial charge in [0.15, 0.2) is 0 Å². The second kappa shape index (κ2) is 11.0. The lowest BCUT2D eigenvalue weighted by Crippen LogP contribution is -2.37. The Morgan fingerprint density at radius 1 is 1.15 bits per heavy atom. The Balaban J connectivity index is 1.65. The van der Waals surface area contributed by atoms with Gasteiger partial charge in [-0.2, -0.15) is 0 Å². The summed E-state index contributed by atoms with van der Waals surface area (Å²) in [5.74, 6) is 0.241. The number of allylic oxidation sites excluding steroid dienone is 4. The molecule has 3 nitrogen and oxygen atoms in total. The molecule has 1 amide bonds. The molecular weight excluding hydrogens is 428 g/mol. The van der Waals surface area contributed by atoms with Crippen LogP contribution in [0.1, 0.15) is 68.3 Å². The number of hydrogen-bond donors (Lipinski definition) is 0. The van der Waals surface area contributed by atoms with E-state index in [1.165, 1.54) is 33.4 Å². The molecule has 2 aliphatic rings. The molecule has 1 fully saturated rings. The van der Waals surface area contributed by atoms with E-state index in [4.69, 9.17) is 16.6 Å². The van der Waals surface area contributed by atoms with Crippen LogP contribution in [0.25, 0.3) is 5.57 Å². The second-order valence-corrected chi connectivity index (χ2v) is 9.33. The molecule has 4 rings (SSSR count). The fourth-order valence-corrected chi connectivity index (χ4v) is 5.26. The van der Waals surface area contributed by atoms with E-state index in [2.05, 4.69) is 43.4 Å². The highest BCUT2D eigenvalue weighted by molar-refractivity contribution is 6.30. The average Bonchev–Trinajstić information content (AvgIpc) is 2.99. The fraction of sp³-hybridized carbons (Fsp3) is 0.379. The van der Waals surface area contributed by atoms with Gasteiger partial charge in [0.1, 0.15) is 0 Å². The maximum atomic E-state index is 13.2. The topological polar surface area (TPSA) is 33.2 Å². The standard InChI is InChI=1S/C29H33ClN2O/c1-3-7-21(8-4-2)11-16-27(33)32-18-6-10-24(20-32)28-26-15-14-25(30)19-23(26)13-12-22-9-5-17-31-29(22)28/h3,5,7-9,14-15,17,19H,4,6,10-13,16,18,20H2,1-2H3/b7-3-,21-8+,28-24-. The molecule has 33 heavy (non-hydrogen) atoms. The Kier molecular flexibility index (Phi) is 7.82. The lowest BCUT2D eigenvalue weighted by Gasteiger charge is -2.31. The average molecular weight is 461 g/mol. The normalized spacial score (nSPS) is 18.8. The van der Waals surface area contributed by atoms with Crippen LogP contribution in [-0.4, -0.2) is 28.9 Å². The number of aryl methyl sites for hydroxylation is 2. The second-order valence-electron chi connectivity index (χ2n) is 8.90. The van der Waals surface area contributed by atoms with Gasteiger partial charge in [-0.05, 0) is 85.9 Å². The van der Waals surface area contributed by atoms with E-state index in [-0.39, 0.29) is 5.91 Å². The molecule has 0 saturated carbocycles. The van der Waals surface area contributed by atoms with Crippen molar-refractivity contribution in [1.82, 2.24) is 9.88 Å². The van der Waals surface area contributed by atoms with Crippen molar-refractivity contribution < 1.29 is 4.79 Å². The predicted molar refractivity (Wildman–Crippen MR) is 137 cm³/mol. The number of pyridine rings is 1. The van der Waals surface area contributed by atoms with E-state index in [9.17, 15) is 4.79 Å². The van der Waals surface area contributed by atoms with Crippen molar-refractivity contribution in [3.05, 3.63) is 93.3 Å². The molecule has 4 heteroatoms. The molecule has 172 valence electrons. The van der Waals surface area contributed by atoms with E-state index in [1.54, 1.807) is 0 Å².